The lowest BCUT2D eigenvalue weighted by Gasteiger charge is -2.32. The van der Waals surface area contributed by atoms with E-state index in [-0.39, 0.29) is 81.3 Å². The number of benzene rings is 9. The fourth-order valence-electron chi connectivity index (χ4n) is 9.90. The Kier molecular flexibility index (Phi) is 10.7. The third-order valence-electron chi connectivity index (χ3n) is 13.4. The molecule has 2 saturated heterocycles. The third-order valence-corrected chi connectivity index (χ3v) is 13.4. The molecular formula is C58H40N4O12. The van der Waals surface area contributed by atoms with E-state index in [0.29, 0.717) is 68.5 Å². The van der Waals surface area contributed by atoms with Crippen molar-refractivity contribution in [1.29, 1.82) is 0 Å². The number of nitrogens with zero attached hydrogens (tertiary/aromatic N) is 2. The van der Waals surface area contributed by atoms with Crippen molar-refractivity contribution in [3.8, 4) is 46.0 Å². The second kappa shape index (κ2) is 17.7. The van der Waals surface area contributed by atoms with Crippen LogP contribution in [-0.2, 0) is 19.1 Å². The second-order valence-corrected chi connectivity index (χ2v) is 18.3. The minimum absolute atomic E-state index is 0.0488. The summed E-state index contributed by atoms with van der Waals surface area (Å²) < 4.78 is 38.1. The lowest BCUT2D eigenvalue weighted by atomic mass is 9.80. The number of amides is 6. The van der Waals surface area contributed by atoms with E-state index in [1.165, 1.54) is 0 Å². The molecule has 6 amide bonds. The molecule has 0 aromatic heterocycles. The summed E-state index contributed by atoms with van der Waals surface area (Å²) in [7, 11) is 0. The maximum absolute atomic E-state index is 15.1. The molecular weight excluding hydrogens is 945 g/mol. The molecule has 16 heteroatoms. The van der Waals surface area contributed by atoms with Gasteiger partial charge in [0.2, 0.25) is 11.8 Å². The van der Waals surface area contributed by atoms with Crippen LogP contribution in [0.25, 0.3) is 43.1 Å². The van der Waals surface area contributed by atoms with Gasteiger partial charge in [-0.05, 0) is 72.8 Å². The molecule has 2 atom stereocenters. The second-order valence-electron chi connectivity index (χ2n) is 18.3. The van der Waals surface area contributed by atoms with Crippen LogP contribution in [0, 0.1) is 0 Å². The summed E-state index contributed by atoms with van der Waals surface area (Å²) in [5.74, 6) is -2.11. The van der Waals surface area contributed by atoms with Crippen LogP contribution in [0.4, 0.5) is 0 Å². The molecule has 0 bridgehead atoms. The number of hydrogen-bond donors (Lipinski definition) is 2. The predicted octanol–water partition coefficient (Wildman–Crippen LogP) is 9.13. The van der Waals surface area contributed by atoms with Gasteiger partial charge in [0.05, 0.1) is 47.7 Å². The Bertz CT molecular complexity index is 3370. The van der Waals surface area contributed by atoms with Crippen molar-refractivity contribution < 1.29 is 57.2 Å². The van der Waals surface area contributed by atoms with Crippen LogP contribution in [0.5, 0.6) is 46.0 Å². The van der Waals surface area contributed by atoms with E-state index in [1.807, 2.05) is 24.3 Å². The summed E-state index contributed by atoms with van der Waals surface area (Å²) in [4.78, 5) is 89.2. The first-order chi connectivity index (χ1) is 36.2. The van der Waals surface area contributed by atoms with Gasteiger partial charge in [0, 0.05) is 56.2 Å². The van der Waals surface area contributed by atoms with E-state index in [9.17, 15) is 9.59 Å². The van der Waals surface area contributed by atoms with E-state index in [1.54, 1.807) is 121 Å². The van der Waals surface area contributed by atoms with Gasteiger partial charge in [-0.15, -0.1) is 0 Å². The van der Waals surface area contributed by atoms with E-state index < -0.39 is 48.5 Å². The summed E-state index contributed by atoms with van der Waals surface area (Å²) >= 11 is 0. The van der Waals surface area contributed by atoms with Crippen LogP contribution in [-0.4, -0.2) is 96.8 Å². The first kappa shape index (κ1) is 44.6. The molecule has 9 aromatic rings. The average Bonchev–Trinajstić information content (AvgIpc) is 4.45. The lowest BCUT2D eigenvalue weighted by Crippen LogP contribution is -2.47. The zero-order chi connectivity index (χ0) is 50.2. The molecule has 2 fully saturated rings. The summed E-state index contributed by atoms with van der Waals surface area (Å²) in [6.45, 7) is 0.235. The maximum Gasteiger partial charge on any atom is 0.262 e. The molecule has 364 valence electrons. The normalized spacial score (nSPS) is 16.5. The van der Waals surface area contributed by atoms with Crippen molar-refractivity contribution in [3.05, 3.63) is 168 Å². The van der Waals surface area contributed by atoms with Gasteiger partial charge in [0.25, 0.3) is 23.6 Å². The van der Waals surface area contributed by atoms with E-state index >= 15 is 19.2 Å². The highest BCUT2D eigenvalue weighted by molar-refractivity contribution is 6.45. The van der Waals surface area contributed by atoms with Gasteiger partial charge in [0.1, 0.15) is 59.1 Å². The lowest BCUT2D eigenvalue weighted by molar-refractivity contribution is -0.122. The molecule has 74 heavy (non-hydrogen) atoms. The Balaban J connectivity index is 1.17. The highest BCUT2D eigenvalue weighted by Crippen LogP contribution is 2.57. The summed E-state index contributed by atoms with van der Waals surface area (Å²) in [6.07, 6.45) is -0.290. The highest BCUT2D eigenvalue weighted by Gasteiger charge is 2.42. The number of rotatable bonds is 16. The van der Waals surface area contributed by atoms with Crippen molar-refractivity contribution in [3.63, 3.8) is 0 Å². The number of hydrogen-bond acceptors (Lipinski definition) is 12. The Morgan fingerprint density at radius 2 is 0.662 bits per heavy atom. The van der Waals surface area contributed by atoms with E-state index in [4.69, 9.17) is 28.4 Å². The fraction of sp³-hybridized carbons (Fsp3) is 0.138. The average molecular weight is 985 g/mol. The number of carbonyl (C=O) groups is 6. The zero-order valence-corrected chi connectivity index (χ0v) is 39.0. The van der Waals surface area contributed by atoms with Gasteiger partial charge < -0.3 is 39.1 Å². The number of para-hydroxylation sites is 4. The molecule has 4 aliphatic heterocycles. The number of carbonyl (C=O) groups excluding carboxylic acids is 6. The van der Waals surface area contributed by atoms with E-state index in [0.717, 1.165) is 9.80 Å². The Hall–Kier alpha value is -9.38. The van der Waals surface area contributed by atoms with Gasteiger partial charge in [-0.3, -0.25) is 38.6 Å². The van der Waals surface area contributed by atoms with Crippen molar-refractivity contribution in [2.75, 3.05) is 39.4 Å². The summed E-state index contributed by atoms with van der Waals surface area (Å²) in [5, 5.41) is 7.95. The smallest absolute Gasteiger partial charge is 0.262 e. The fourth-order valence-corrected chi connectivity index (χ4v) is 9.90. The third kappa shape index (κ3) is 7.80. The summed E-state index contributed by atoms with van der Waals surface area (Å²) in [6, 6.07) is 41.8. The maximum atomic E-state index is 15.1. The van der Waals surface area contributed by atoms with Crippen LogP contribution < -0.4 is 29.6 Å². The predicted molar refractivity (Wildman–Crippen MR) is 270 cm³/mol. The minimum atomic E-state index is -0.755. The molecule has 0 radical (unpaired) electrons. The van der Waals surface area contributed by atoms with Crippen LogP contribution in [0.1, 0.15) is 41.4 Å². The topological polar surface area (TPSA) is 195 Å². The van der Waals surface area contributed by atoms with Gasteiger partial charge in [-0.1, -0.05) is 72.8 Å². The monoisotopic (exact) mass is 984 g/mol. The number of nitrogens with one attached hydrogen (secondary N) is 2. The van der Waals surface area contributed by atoms with Crippen molar-refractivity contribution in [2.24, 2.45) is 0 Å². The largest absolute Gasteiger partial charge is 0.457 e. The molecule has 4 aliphatic rings. The van der Waals surface area contributed by atoms with Gasteiger partial charge in [0.15, 0.2) is 0 Å². The molecule has 0 saturated carbocycles. The van der Waals surface area contributed by atoms with Crippen LogP contribution in [0.15, 0.2) is 146 Å². The first-order valence-electron chi connectivity index (χ1n) is 23.9. The van der Waals surface area contributed by atoms with E-state index in [2.05, 4.69) is 10.6 Å². The molecule has 2 N–H and O–H groups in total. The number of ether oxygens (including phenoxy) is 6. The number of fused-ring (bicyclic) bond motifs is 2. The Labute approximate surface area is 420 Å². The molecule has 2 unspecified atom stereocenters. The highest BCUT2D eigenvalue weighted by atomic mass is 16.6. The molecule has 9 aromatic carbocycles. The van der Waals surface area contributed by atoms with Crippen molar-refractivity contribution in [2.45, 2.75) is 12.2 Å². The van der Waals surface area contributed by atoms with Crippen LogP contribution in [0.3, 0.4) is 0 Å². The molecule has 13 rings (SSSR count). The Morgan fingerprint density at radius 3 is 0.905 bits per heavy atom. The van der Waals surface area contributed by atoms with Gasteiger partial charge in [-0.25, -0.2) is 0 Å². The quantitative estimate of drug-likeness (QED) is 0.0404. The van der Waals surface area contributed by atoms with Gasteiger partial charge in [-0.2, -0.15) is 0 Å². The molecule has 16 nitrogen and oxygen atoms in total. The summed E-state index contributed by atoms with van der Waals surface area (Å²) in [5.41, 5.74) is 0.195. The molecule has 0 spiro atoms. The van der Waals surface area contributed by atoms with Crippen molar-refractivity contribution >= 4 is 78.5 Å². The standard InChI is InChI=1S/C58H40N4O12/c63-45(59-25-35-29-69-35)27-61-55(65)37-21-41(71-31-13-5-1-6-14-31)49-50-42(72-32-15-7-2-8-16-32)22-39-48-40(58(68)62(57(39)67)28-46(64)60-26-36-30-70-36)24-44(74-34-19-11-4-12-20-34)52(54(48)50)51-43(73-33-17-9-3-10-18-33)23-38(56(61)66)47(37)53(49)51/h1-24,35-36H,25-30H2,(H,59,63)(H,60,64). The number of imide groups is 2. The SMILES string of the molecule is O=C(CN1C(=O)c2cc(Oc3ccccc3)c3c4c(Oc5ccccc5)cc5c6c(cc(Oc7ccccc7)c(c7c(Oc8ccccc8)cc(c2c37)C1=O)c64)C(=O)N(CC(=O)NCC1CO1)C5=O)NCC1CO1. The molecule has 0 aliphatic carbocycles. The van der Waals surface area contributed by atoms with Crippen LogP contribution in [0.2, 0.25) is 0 Å². The molecule has 4 heterocycles. The zero-order valence-electron chi connectivity index (χ0n) is 39.0. The van der Waals surface area contributed by atoms with Crippen LogP contribution >= 0.6 is 0 Å². The Morgan fingerprint density at radius 1 is 0.405 bits per heavy atom. The number of epoxide rings is 2. The van der Waals surface area contributed by atoms with Crippen molar-refractivity contribution in [1.82, 2.24) is 20.4 Å². The minimum Gasteiger partial charge on any atom is -0.457 e. The van der Waals surface area contributed by atoms with Gasteiger partial charge >= 0.3 is 0 Å². The first-order valence-corrected chi connectivity index (χ1v) is 23.9.